The van der Waals surface area contributed by atoms with E-state index in [9.17, 15) is 9.59 Å². The molecule has 0 spiro atoms. The predicted octanol–water partition coefficient (Wildman–Crippen LogP) is 4.44. The van der Waals surface area contributed by atoms with Crippen LogP contribution in [0.5, 0.6) is 5.75 Å². The van der Waals surface area contributed by atoms with Gasteiger partial charge in [0.25, 0.3) is 0 Å². The first-order chi connectivity index (χ1) is 14.9. The van der Waals surface area contributed by atoms with E-state index in [0.29, 0.717) is 17.9 Å². The number of benzene rings is 1. The van der Waals surface area contributed by atoms with Gasteiger partial charge >= 0.3 is 0 Å². The number of carbonyl (C=O) groups excluding carboxylic acids is 2. The standard InChI is InChI=1S/C23H22ClN3O3S/c1-12-6-13(24)7-18(22(12)30-15-8-14(25)9-15)17-4-5-26-19-10-16(31-23(17)19)11-27-20(28)2-3-21(27)29/h4-7,10,14-15H,2-3,8-9,11,25H2,1H3. The Kier molecular flexibility index (Phi) is 5.20. The summed E-state index contributed by atoms with van der Waals surface area (Å²) in [5.41, 5.74) is 9.63. The molecule has 160 valence electrons. The zero-order valence-electron chi connectivity index (χ0n) is 17.1. The summed E-state index contributed by atoms with van der Waals surface area (Å²) in [7, 11) is 0. The van der Waals surface area contributed by atoms with Crippen molar-refractivity contribution in [1.29, 1.82) is 0 Å². The summed E-state index contributed by atoms with van der Waals surface area (Å²) in [6.07, 6.45) is 4.14. The van der Waals surface area contributed by atoms with Crippen LogP contribution in [-0.2, 0) is 16.1 Å². The summed E-state index contributed by atoms with van der Waals surface area (Å²) in [6.45, 7) is 2.28. The fourth-order valence-corrected chi connectivity index (χ4v) is 5.59. The van der Waals surface area contributed by atoms with Gasteiger partial charge in [0.15, 0.2) is 0 Å². The van der Waals surface area contributed by atoms with Crippen LogP contribution in [0.2, 0.25) is 5.02 Å². The smallest absolute Gasteiger partial charge is 0.230 e. The van der Waals surface area contributed by atoms with E-state index in [4.69, 9.17) is 22.1 Å². The molecule has 0 atom stereocenters. The van der Waals surface area contributed by atoms with Crippen molar-refractivity contribution >= 4 is 45.0 Å². The largest absolute Gasteiger partial charge is 0.489 e. The highest BCUT2D eigenvalue weighted by atomic mass is 35.5. The molecule has 1 aromatic carbocycles. The van der Waals surface area contributed by atoms with E-state index in [-0.39, 0.29) is 30.5 Å². The van der Waals surface area contributed by atoms with Gasteiger partial charge in [0.1, 0.15) is 11.9 Å². The van der Waals surface area contributed by atoms with Gasteiger partial charge < -0.3 is 10.5 Å². The normalized spacial score (nSPS) is 21.1. The van der Waals surface area contributed by atoms with Crippen LogP contribution in [0, 0.1) is 6.92 Å². The zero-order valence-corrected chi connectivity index (χ0v) is 18.6. The fourth-order valence-electron chi connectivity index (χ4n) is 4.19. The average molecular weight is 456 g/mol. The van der Waals surface area contributed by atoms with Gasteiger partial charge in [-0.2, -0.15) is 0 Å². The van der Waals surface area contributed by atoms with Crippen molar-refractivity contribution in [2.75, 3.05) is 0 Å². The minimum atomic E-state index is -0.115. The molecule has 1 saturated carbocycles. The molecule has 3 heterocycles. The zero-order chi connectivity index (χ0) is 21.7. The van der Waals surface area contributed by atoms with Gasteiger partial charge in [-0.05, 0) is 49.6 Å². The molecule has 3 aromatic rings. The highest BCUT2D eigenvalue weighted by molar-refractivity contribution is 7.19. The van der Waals surface area contributed by atoms with Gasteiger partial charge in [-0.25, -0.2) is 0 Å². The van der Waals surface area contributed by atoms with E-state index in [1.54, 1.807) is 17.5 Å². The molecule has 1 saturated heterocycles. The molecule has 1 aliphatic carbocycles. The van der Waals surface area contributed by atoms with Crippen LogP contribution < -0.4 is 10.5 Å². The Morgan fingerprint density at radius 3 is 2.65 bits per heavy atom. The number of ether oxygens (including phenoxy) is 1. The van der Waals surface area contributed by atoms with Gasteiger partial charge in [-0.1, -0.05) is 11.6 Å². The first kappa shape index (κ1) is 20.4. The highest BCUT2D eigenvalue weighted by Gasteiger charge is 2.30. The monoisotopic (exact) mass is 455 g/mol. The van der Waals surface area contributed by atoms with Crippen molar-refractivity contribution < 1.29 is 14.3 Å². The molecule has 0 radical (unpaired) electrons. The van der Waals surface area contributed by atoms with Gasteiger partial charge in [0.05, 0.1) is 16.8 Å². The summed E-state index contributed by atoms with van der Waals surface area (Å²) >= 11 is 7.95. The number of hydrogen-bond donors (Lipinski definition) is 1. The second-order valence-corrected chi connectivity index (χ2v) is 9.80. The number of amides is 2. The number of aromatic nitrogens is 1. The van der Waals surface area contributed by atoms with Gasteiger partial charge in [0, 0.05) is 46.1 Å². The van der Waals surface area contributed by atoms with E-state index in [0.717, 1.165) is 50.4 Å². The number of fused-ring (bicyclic) bond motifs is 1. The summed E-state index contributed by atoms with van der Waals surface area (Å²) in [4.78, 5) is 30.8. The number of rotatable bonds is 5. The van der Waals surface area contributed by atoms with Gasteiger partial charge in [0.2, 0.25) is 11.8 Å². The van der Waals surface area contributed by atoms with Crippen LogP contribution in [0.3, 0.4) is 0 Å². The van der Waals surface area contributed by atoms with Crippen LogP contribution in [0.15, 0.2) is 30.5 Å². The first-order valence-corrected chi connectivity index (χ1v) is 11.5. The first-order valence-electron chi connectivity index (χ1n) is 10.3. The molecule has 5 rings (SSSR count). The lowest BCUT2D eigenvalue weighted by atomic mass is 9.90. The van der Waals surface area contributed by atoms with Crippen LogP contribution in [0.25, 0.3) is 21.3 Å². The second kappa shape index (κ2) is 7.89. The highest BCUT2D eigenvalue weighted by Crippen LogP contribution is 2.43. The number of nitrogens with two attached hydrogens (primary N) is 1. The molecule has 2 amide bonds. The maximum Gasteiger partial charge on any atom is 0.230 e. The molecule has 2 aliphatic rings. The van der Waals surface area contributed by atoms with E-state index in [2.05, 4.69) is 4.98 Å². The number of hydrogen-bond acceptors (Lipinski definition) is 6. The summed E-state index contributed by atoms with van der Waals surface area (Å²) in [6, 6.07) is 7.93. The summed E-state index contributed by atoms with van der Waals surface area (Å²) in [5, 5.41) is 0.639. The fraction of sp³-hybridized carbons (Fsp3) is 0.348. The third kappa shape index (κ3) is 3.82. The lowest BCUT2D eigenvalue weighted by molar-refractivity contribution is -0.138. The molecule has 0 bridgehead atoms. The Morgan fingerprint density at radius 2 is 1.94 bits per heavy atom. The molecule has 6 nitrogen and oxygen atoms in total. The van der Waals surface area contributed by atoms with Crippen molar-refractivity contribution in [1.82, 2.24) is 9.88 Å². The second-order valence-electron chi connectivity index (χ2n) is 8.23. The van der Waals surface area contributed by atoms with Gasteiger partial charge in [-0.15, -0.1) is 11.3 Å². The maximum absolute atomic E-state index is 12.0. The minimum Gasteiger partial charge on any atom is -0.489 e. The molecule has 31 heavy (non-hydrogen) atoms. The lowest BCUT2D eigenvalue weighted by Gasteiger charge is -2.33. The molecule has 2 fully saturated rings. The Balaban J connectivity index is 1.55. The molecule has 2 aromatic heterocycles. The SMILES string of the molecule is Cc1cc(Cl)cc(-c2ccnc3cc(CN4C(=O)CCC4=O)sc23)c1OC1CC(N)C1. The number of pyridine rings is 1. The van der Waals surface area contributed by atoms with Crippen molar-refractivity contribution in [3.8, 4) is 16.9 Å². The predicted molar refractivity (Wildman–Crippen MR) is 121 cm³/mol. The van der Waals surface area contributed by atoms with Crippen molar-refractivity contribution in [2.45, 2.75) is 51.3 Å². The average Bonchev–Trinajstić information content (AvgIpc) is 3.26. The third-order valence-corrected chi connectivity index (χ3v) is 7.24. The number of carbonyl (C=O) groups is 2. The van der Waals surface area contributed by atoms with E-state index in [1.165, 1.54) is 4.90 Å². The number of aryl methyl sites for hydroxylation is 1. The Labute approximate surface area is 189 Å². The molecule has 0 unspecified atom stereocenters. The quantitative estimate of drug-likeness (QED) is 0.575. The van der Waals surface area contributed by atoms with E-state index >= 15 is 0 Å². The third-order valence-electron chi connectivity index (χ3n) is 5.88. The minimum absolute atomic E-state index is 0.108. The van der Waals surface area contributed by atoms with Crippen molar-refractivity contribution in [3.05, 3.63) is 45.9 Å². The maximum atomic E-state index is 12.0. The number of halogens is 1. The number of nitrogens with zero attached hydrogens (tertiary/aromatic N) is 2. The van der Waals surface area contributed by atoms with Crippen LogP contribution in [0.4, 0.5) is 0 Å². The Hall–Kier alpha value is -2.48. The summed E-state index contributed by atoms with van der Waals surface area (Å²) in [5.74, 6) is 0.583. The van der Waals surface area contributed by atoms with E-state index in [1.807, 2.05) is 31.2 Å². The van der Waals surface area contributed by atoms with Crippen LogP contribution >= 0.6 is 22.9 Å². The van der Waals surface area contributed by atoms with Crippen molar-refractivity contribution in [2.24, 2.45) is 5.73 Å². The van der Waals surface area contributed by atoms with E-state index < -0.39 is 0 Å². The Bertz CT molecular complexity index is 1190. The summed E-state index contributed by atoms with van der Waals surface area (Å²) < 4.78 is 7.31. The van der Waals surface area contributed by atoms with Crippen LogP contribution in [-0.4, -0.2) is 33.8 Å². The number of imide groups is 1. The lowest BCUT2D eigenvalue weighted by Crippen LogP contribution is -2.43. The molecular formula is C23H22ClN3O3S. The molecule has 8 heteroatoms. The number of thiophene rings is 1. The van der Waals surface area contributed by atoms with Crippen LogP contribution in [0.1, 0.15) is 36.1 Å². The number of likely N-dealkylation sites (tertiary alicyclic amines) is 1. The van der Waals surface area contributed by atoms with Gasteiger partial charge in [-0.3, -0.25) is 19.5 Å². The topological polar surface area (TPSA) is 85.5 Å². The molecular weight excluding hydrogens is 434 g/mol. The molecule has 1 aliphatic heterocycles. The van der Waals surface area contributed by atoms with Crippen molar-refractivity contribution in [3.63, 3.8) is 0 Å². The molecule has 2 N–H and O–H groups in total. The Morgan fingerprint density at radius 1 is 1.19 bits per heavy atom.